The van der Waals surface area contributed by atoms with E-state index in [-0.39, 0.29) is 5.76 Å². The minimum absolute atomic E-state index is 0.134. The number of ether oxygens (including phenoxy) is 1. The summed E-state index contributed by atoms with van der Waals surface area (Å²) in [7, 11) is 0. The molecular formula is C21H22O3S. The molecule has 1 N–H and O–H groups in total. The van der Waals surface area contributed by atoms with Crippen molar-refractivity contribution in [2.24, 2.45) is 0 Å². The molecule has 0 saturated carbocycles. The minimum atomic E-state index is -0.770. The second-order valence-electron chi connectivity index (χ2n) is 6.23. The molecule has 0 bridgehead atoms. The molecule has 1 atom stereocenters. The Morgan fingerprint density at radius 1 is 1.08 bits per heavy atom. The van der Waals surface area contributed by atoms with Crippen LogP contribution in [0.3, 0.4) is 0 Å². The standard InChI is InChI=1S/C21H22O3S/c1-2-13-21(17-11-7-4-8-12-17)14-18(22)19(20(23)24-21)25-15-16-9-5-3-6-10-16/h3-12,22H,2,13-15H2,1H3. The quantitative estimate of drug-likeness (QED) is 0.712. The van der Waals surface area contributed by atoms with Crippen LogP contribution >= 0.6 is 11.8 Å². The van der Waals surface area contributed by atoms with E-state index in [0.717, 1.165) is 17.5 Å². The Labute approximate surface area is 152 Å². The summed E-state index contributed by atoms with van der Waals surface area (Å²) in [5.41, 5.74) is 1.27. The van der Waals surface area contributed by atoms with Crippen LogP contribution in [0, 0.1) is 0 Å². The van der Waals surface area contributed by atoms with E-state index >= 15 is 0 Å². The fourth-order valence-electron chi connectivity index (χ4n) is 3.19. The lowest BCUT2D eigenvalue weighted by atomic mass is 9.84. The van der Waals surface area contributed by atoms with Crippen LogP contribution in [0.5, 0.6) is 0 Å². The topological polar surface area (TPSA) is 46.5 Å². The SMILES string of the molecule is CCCC1(c2ccccc2)CC(O)=C(SCc2ccccc2)C(=O)O1. The van der Waals surface area contributed by atoms with Crippen molar-refractivity contribution in [1.29, 1.82) is 0 Å². The maximum Gasteiger partial charge on any atom is 0.348 e. The van der Waals surface area contributed by atoms with E-state index in [4.69, 9.17) is 4.74 Å². The van der Waals surface area contributed by atoms with Gasteiger partial charge in [0.05, 0.1) is 6.42 Å². The zero-order chi connectivity index (χ0) is 17.7. The zero-order valence-electron chi connectivity index (χ0n) is 14.3. The summed E-state index contributed by atoms with van der Waals surface area (Å²) in [4.78, 5) is 13.0. The summed E-state index contributed by atoms with van der Waals surface area (Å²) >= 11 is 1.34. The van der Waals surface area contributed by atoms with Gasteiger partial charge in [0.15, 0.2) is 0 Å². The van der Waals surface area contributed by atoms with Crippen molar-refractivity contribution in [2.45, 2.75) is 37.5 Å². The van der Waals surface area contributed by atoms with Crippen LogP contribution < -0.4 is 0 Å². The summed E-state index contributed by atoms with van der Waals surface area (Å²) in [6.45, 7) is 2.05. The van der Waals surface area contributed by atoms with Gasteiger partial charge in [0.1, 0.15) is 16.3 Å². The predicted molar refractivity (Wildman–Crippen MR) is 101 cm³/mol. The van der Waals surface area contributed by atoms with Gasteiger partial charge in [0.2, 0.25) is 0 Å². The van der Waals surface area contributed by atoms with Gasteiger partial charge in [-0.2, -0.15) is 0 Å². The van der Waals surface area contributed by atoms with Gasteiger partial charge < -0.3 is 9.84 Å². The third kappa shape index (κ3) is 3.90. The Morgan fingerprint density at radius 2 is 1.72 bits per heavy atom. The highest BCUT2D eigenvalue weighted by Gasteiger charge is 2.42. The third-order valence-electron chi connectivity index (χ3n) is 4.37. The first kappa shape index (κ1) is 17.6. The molecule has 0 spiro atoms. The number of rotatable bonds is 6. The van der Waals surface area contributed by atoms with Crippen molar-refractivity contribution in [3.05, 3.63) is 82.5 Å². The Bertz CT molecular complexity index is 755. The zero-order valence-corrected chi connectivity index (χ0v) is 15.1. The molecule has 0 amide bonds. The van der Waals surface area contributed by atoms with Crippen molar-refractivity contribution >= 4 is 17.7 Å². The Balaban J connectivity index is 1.83. The molecule has 0 saturated heterocycles. The fraction of sp³-hybridized carbons (Fsp3) is 0.286. The van der Waals surface area contributed by atoms with Crippen LogP contribution in [0.2, 0.25) is 0 Å². The number of carbonyl (C=O) groups excluding carboxylic acids is 1. The van der Waals surface area contributed by atoms with Gasteiger partial charge in [-0.3, -0.25) is 0 Å². The highest BCUT2D eigenvalue weighted by atomic mass is 32.2. The number of hydrogen-bond donors (Lipinski definition) is 1. The lowest BCUT2D eigenvalue weighted by molar-refractivity contribution is -0.160. The fourth-order valence-corrected chi connectivity index (χ4v) is 4.09. The number of aliphatic hydroxyl groups is 1. The van der Waals surface area contributed by atoms with Gasteiger partial charge in [-0.05, 0) is 17.5 Å². The molecule has 130 valence electrons. The van der Waals surface area contributed by atoms with Crippen molar-refractivity contribution in [2.75, 3.05) is 0 Å². The van der Waals surface area contributed by atoms with Crippen molar-refractivity contribution in [1.82, 2.24) is 0 Å². The normalized spacial score (nSPS) is 20.4. The molecule has 1 heterocycles. The van der Waals surface area contributed by atoms with Crippen molar-refractivity contribution in [3.8, 4) is 0 Å². The van der Waals surface area contributed by atoms with Crippen LogP contribution in [0.25, 0.3) is 0 Å². The second kappa shape index (κ2) is 7.79. The summed E-state index contributed by atoms with van der Waals surface area (Å²) in [6, 6.07) is 19.6. The Hall–Kier alpha value is -2.20. The molecule has 1 unspecified atom stereocenters. The molecule has 1 aliphatic heterocycles. The lowest BCUT2D eigenvalue weighted by Crippen LogP contribution is -2.37. The van der Waals surface area contributed by atoms with E-state index in [1.165, 1.54) is 11.8 Å². The first-order valence-electron chi connectivity index (χ1n) is 8.52. The number of thioether (sulfide) groups is 1. The molecule has 1 aliphatic rings. The molecule has 0 aliphatic carbocycles. The molecule has 0 radical (unpaired) electrons. The molecule has 2 aromatic rings. The summed E-state index contributed by atoms with van der Waals surface area (Å²) in [5, 5.41) is 10.6. The number of cyclic esters (lactones) is 1. The number of aliphatic hydroxyl groups excluding tert-OH is 1. The molecule has 0 fully saturated rings. The van der Waals surface area contributed by atoms with Crippen LogP contribution in [0.4, 0.5) is 0 Å². The maximum absolute atomic E-state index is 12.6. The molecule has 3 nitrogen and oxygen atoms in total. The molecule has 25 heavy (non-hydrogen) atoms. The summed E-state index contributed by atoms with van der Waals surface area (Å²) in [6.07, 6.45) is 1.87. The number of hydrogen-bond acceptors (Lipinski definition) is 4. The predicted octanol–water partition coefficient (Wildman–Crippen LogP) is 5.33. The van der Waals surface area contributed by atoms with E-state index in [1.807, 2.05) is 60.7 Å². The highest BCUT2D eigenvalue weighted by molar-refractivity contribution is 8.03. The first-order chi connectivity index (χ1) is 12.1. The van der Waals surface area contributed by atoms with Gasteiger partial charge in [0, 0.05) is 5.75 Å². The monoisotopic (exact) mass is 354 g/mol. The van der Waals surface area contributed by atoms with E-state index in [9.17, 15) is 9.90 Å². The number of carbonyl (C=O) groups is 1. The van der Waals surface area contributed by atoms with Gasteiger partial charge in [-0.25, -0.2) is 4.79 Å². The molecule has 0 aromatic heterocycles. The Morgan fingerprint density at radius 3 is 2.32 bits per heavy atom. The van der Waals surface area contributed by atoms with Crippen molar-refractivity contribution in [3.63, 3.8) is 0 Å². The van der Waals surface area contributed by atoms with Crippen LogP contribution in [0.15, 0.2) is 71.3 Å². The van der Waals surface area contributed by atoms with Gasteiger partial charge in [-0.15, -0.1) is 11.8 Å². The van der Waals surface area contributed by atoms with Gasteiger partial charge >= 0.3 is 5.97 Å². The van der Waals surface area contributed by atoms with Crippen LogP contribution in [-0.4, -0.2) is 11.1 Å². The summed E-state index contributed by atoms with van der Waals surface area (Å²) < 4.78 is 5.89. The minimum Gasteiger partial charge on any atom is -0.511 e. The van der Waals surface area contributed by atoms with Gasteiger partial charge in [-0.1, -0.05) is 74.0 Å². The van der Waals surface area contributed by atoms with E-state index in [0.29, 0.717) is 23.5 Å². The smallest absolute Gasteiger partial charge is 0.348 e. The largest absolute Gasteiger partial charge is 0.511 e. The second-order valence-corrected chi connectivity index (χ2v) is 7.21. The van der Waals surface area contributed by atoms with Crippen LogP contribution in [-0.2, 0) is 20.9 Å². The number of benzene rings is 2. The highest BCUT2D eigenvalue weighted by Crippen LogP contribution is 2.43. The van der Waals surface area contributed by atoms with E-state index in [1.54, 1.807) is 0 Å². The van der Waals surface area contributed by atoms with E-state index < -0.39 is 11.6 Å². The average Bonchev–Trinajstić information content (AvgIpc) is 2.63. The van der Waals surface area contributed by atoms with Crippen LogP contribution in [0.1, 0.15) is 37.3 Å². The molecule has 3 rings (SSSR count). The van der Waals surface area contributed by atoms with Gasteiger partial charge in [0.25, 0.3) is 0 Å². The first-order valence-corrected chi connectivity index (χ1v) is 9.51. The average molecular weight is 354 g/mol. The molecule has 2 aromatic carbocycles. The van der Waals surface area contributed by atoms with Crippen molar-refractivity contribution < 1.29 is 14.6 Å². The summed E-state index contributed by atoms with van der Waals surface area (Å²) in [5.74, 6) is 0.331. The lowest BCUT2D eigenvalue weighted by Gasteiger charge is -2.37. The third-order valence-corrected chi connectivity index (χ3v) is 5.54. The van der Waals surface area contributed by atoms with E-state index in [2.05, 4.69) is 6.92 Å². The molecular weight excluding hydrogens is 332 g/mol. The Kier molecular flexibility index (Phi) is 5.49. The molecule has 4 heteroatoms. The maximum atomic E-state index is 12.6. The number of esters is 1.